The van der Waals surface area contributed by atoms with Gasteiger partial charge in [-0.2, -0.15) is 0 Å². The number of rotatable bonds is 4. The van der Waals surface area contributed by atoms with Gasteiger partial charge < -0.3 is 14.7 Å². The number of ketones is 1. The van der Waals surface area contributed by atoms with Crippen LogP contribution in [0.2, 0.25) is 0 Å². The molecule has 1 amide bonds. The second-order valence-corrected chi connectivity index (χ2v) is 12.2. The lowest BCUT2D eigenvalue weighted by atomic mass is 9.64. The molecule has 1 aliphatic heterocycles. The van der Waals surface area contributed by atoms with Crippen LogP contribution in [0.3, 0.4) is 0 Å². The largest absolute Gasteiger partial charge is 0.440 e. The Hall–Kier alpha value is -3.06. The van der Waals surface area contributed by atoms with E-state index in [1.165, 1.54) is 11.6 Å². The summed E-state index contributed by atoms with van der Waals surface area (Å²) in [5.74, 6) is -2.55. The topological polar surface area (TPSA) is 66.8 Å². The van der Waals surface area contributed by atoms with Crippen LogP contribution in [0.15, 0.2) is 48.0 Å². The number of amides is 1. The fraction of sp³-hybridized carbons (Fsp3) is 0.515. The lowest BCUT2D eigenvalue weighted by Crippen LogP contribution is -2.48. The first-order valence-corrected chi connectivity index (χ1v) is 14.5. The Morgan fingerprint density at radius 1 is 1.12 bits per heavy atom. The van der Waals surface area contributed by atoms with Gasteiger partial charge in [-0.05, 0) is 99.6 Å². The number of benzene rings is 2. The molecule has 214 valence electrons. The fourth-order valence-electron chi connectivity index (χ4n) is 7.22. The van der Waals surface area contributed by atoms with Crippen molar-refractivity contribution in [3.63, 3.8) is 0 Å². The van der Waals surface area contributed by atoms with E-state index in [0.29, 0.717) is 37.9 Å². The molecule has 0 aromatic heterocycles. The summed E-state index contributed by atoms with van der Waals surface area (Å²) in [5, 5.41) is 10.7. The number of fused-ring (bicyclic) bond motifs is 8. The molecule has 7 heteroatoms. The van der Waals surface area contributed by atoms with Gasteiger partial charge in [-0.1, -0.05) is 37.6 Å². The molecule has 1 spiro atoms. The maximum absolute atomic E-state index is 14.2. The van der Waals surface area contributed by atoms with Crippen LogP contribution in [0.25, 0.3) is 0 Å². The average Bonchev–Trinajstić information content (AvgIpc) is 3.39. The standard InChI is InChI=1S/C33H39F2NO4/c1-4-16-36-20-33(40-31(36)39)15-13-27-25-11-8-22(17-24(37)10-7-21(2)6-5-14-32(27,33)3)18-26(25)30(38)23-9-12-28(34)29(35)19-23/h6,8-9,11-12,18-19,24,27,37H,4-5,7,10,13-17,20H2,1-3H3/t24-,27-,32-,33+/m0/s1. The van der Waals surface area contributed by atoms with E-state index in [2.05, 4.69) is 19.9 Å². The highest BCUT2D eigenvalue weighted by Crippen LogP contribution is 2.61. The first kappa shape index (κ1) is 28.5. The van der Waals surface area contributed by atoms with Crippen LogP contribution in [0.4, 0.5) is 13.6 Å². The molecule has 1 N–H and O–H groups in total. The molecule has 2 fully saturated rings. The Bertz CT molecular complexity index is 1340. The molecular weight excluding hydrogens is 512 g/mol. The van der Waals surface area contributed by atoms with Gasteiger partial charge in [-0.25, -0.2) is 13.6 Å². The van der Waals surface area contributed by atoms with Crippen LogP contribution in [-0.4, -0.2) is 46.7 Å². The van der Waals surface area contributed by atoms with Gasteiger partial charge in [0, 0.05) is 23.1 Å². The number of hydrogen-bond donors (Lipinski definition) is 1. The minimum Gasteiger partial charge on any atom is -0.440 e. The van der Waals surface area contributed by atoms with E-state index in [9.17, 15) is 23.5 Å². The molecule has 2 aromatic carbocycles. The average molecular weight is 552 g/mol. The van der Waals surface area contributed by atoms with Crippen molar-refractivity contribution < 1.29 is 28.2 Å². The van der Waals surface area contributed by atoms with Crippen molar-refractivity contribution in [1.29, 1.82) is 0 Å². The minimum absolute atomic E-state index is 0.0772. The summed E-state index contributed by atoms with van der Waals surface area (Å²) in [6.07, 6.45) is 6.93. The summed E-state index contributed by atoms with van der Waals surface area (Å²) >= 11 is 0. The van der Waals surface area contributed by atoms with E-state index in [0.717, 1.165) is 55.4 Å². The molecule has 1 saturated heterocycles. The van der Waals surface area contributed by atoms with Crippen LogP contribution < -0.4 is 0 Å². The Kier molecular flexibility index (Phi) is 7.88. The van der Waals surface area contributed by atoms with Gasteiger partial charge in [-0.3, -0.25) is 4.79 Å². The van der Waals surface area contributed by atoms with Gasteiger partial charge in [-0.15, -0.1) is 0 Å². The van der Waals surface area contributed by atoms with E-state index in [4.69, 9.17) is 4.74 Å². The molecule has 1 saturated carbocycles. The van der Waals surface area contributed by atoms with E-state index < -0.39 is 28.8 Å². The van der Waals surface area contributed by atoms with Crippen molar-refractivity contribution in [3.8, 4) is 0 Å². The monoisotopic (exact) mass is 551 g/mol. The van der Waals surface area contributed by atoms with Gasteiger partial charge in [0.25, 0.3) is 0 Å². The van der Waals surface area contributed by atoms with Crippen molar-refractivity contribution >= 4 is 11.9 Å². The molecule has 5 nitrogen and oxygen atoms in total. The van der Waals surface area contributed by atoms with E-state index in [1.54, 1.807) is 4.90 Å². The Labute approximate surface area is 235 Å². The lowest BCUT2D eigenvalue weighted by molar-refractivity contribution is -0.0373. The summed E-state index contributed by atoms with van der Waals surface area (Å²) in [7, 11) is 0. The van der Waals surface area contributed by atoms with Crippen LogP contribution in [0, 0.1) is 17.0 Å². The second kappa shape index (κ2) is 11.1. The Morgan fingerprint density at radius 2 is 1.93 bits per heavy atom. The number of allylic oxidation sites excluding steroid dienone is 2. The van der Waals surface area contributed by atoms with Crippen LogP contribution in [0.5, 0.6) is 0 Å². The summed E-state index contributed by atoms with van der Waals surface area (Å²) in [6, 6.07) is 8.98. The van der Waals surface area contributed by atoms with Crippen molar-refractivity contribution in [2.75, 3.05) is 13.1 Å². The minimum atomic E-state index is -1.07. The predicted octanol–water partition coefficient (Wildman–Crippen LogP) is 7.10. The summed E-state index contributed by atoms with van der Waals surface area (Å²) in [6.45, 7) is 7.48. The van der Waals surface area contributed by atoms with Gasteiger partial charge in [0.05, 0.1) is 12.6 Å². The molecule has 2 bridgehead atoms. The number of aliphatic hydroxyl groups is 1. The highest BCUT2D eigenvalue weighted by Gasteiger charge is 2.63. The van der Waals surface area contributed by atoms with Crippen molar-refractivity contribution in [1.82, 2.24) is 4.90 Å². The molecule has 1 heterocycles. The van der Waals surface area contributed by atoms with Crippen LogP contribution >= 0.6 is 0 Å². The Balaban J connectivity index is 1.64. The predicted molar refractivity (Wildman–Crippen MR) is 149 cm³/mol. The maximum atomic E-state index is 14.2. The number of hydrogen-bond acceptors (Lipinski definition) is 4. The molecule has 40 heavy (non-hydrogen) atoms. The molecule has 0 radical (unpaired) electrons. The second-order valence-electron chi connectivity index (χ2n) is 12.2. The zero-order valence-corrected chi connectivity index (χ0v) is 23.6. The highest BCUT2D eigenvalue weighted by molar-refractivity contribution is 6.10. The van der Waals surface area contributed by atoms with Gasteiger partial charge in [0.2, 0.25) is 0 Å². The third-order valence-corrected chi connectivity index (χ3v) is 9.55. The number of halogens is 2. The summed E-state index contributed by atoms with van der Waals surface area (Å²) in [5.41, 5.74) is 2.24. The number of carbonyl (C=O) groups excluding carboxylic acids is 2. The molecule has 0 unspecified atom stereocenters. The maximum Gasteiger partial charge on any atom is 0.410 e. The molecule has 3 aliphatic carbocycles. The summed E-state index contributed by atoms with van der Waals surface area (Å²) in [4.78, 5) is 28.7. The molecule has 4 aliphatic rings. The molecule has 6 rings (SSSR count). The van der Waals surface area contributed by atoms with Crippen molar-refractivity contribution in [3.05, 3.63) is 81.9 Å². The number of nitrogens with zero attached hydrogens (tertiary/aromatic N) is 1. The third kappa shape index (κ3) is 5.09. The smallest absolute Gasteiger partial charge is 0.410 e. The fourth-order valence-corrected chi connectivity index (χ4v) is 7.22. The SMILES string of the molecule is CCCN1C[C@@]2(CC[C@H]3c4ccc(cc4C(=O)c4ccc(F)c(F)c4)C[C@@H](O)CCC(C)=CCC[C@@]32C)OC1=O. The van der Waals surface area contributed by atoms with Gasteiger partial charge >= 0.3 is 6.09 Å². The van der Waals surface area contributed by atoms with Gasteiger partial charge in [0.15, 0.2) is 17.4 Å². The van der Waals surface area contributed by atoms with Crippen molar-refractivity contribution in [2.24, 2.45) is 5.41 Å². The zero-order chi connectivity index (χ0) is 28.7. The van der Waals surface area contributed by atoms with E-state index >= 15 is 0 Å². The van der Waals surface area contributed by atoms with Gasteiger partial charge in [0.1, 0.15) is 5.60 Å². The first-order valence-electron chi connectivity index (χ1n) is 14.5. The van der Waals surface area contributed by atoms with Crippen LogP contribution in [-0.2, 0) is 11.2 Å². The summed E-state index contributed by atoms with van der Waals surface area (Å²) < 4.78 is 34.2. The highest BCUT2D eigenvalue weighted by atomic mass is 19.2. The first-order chi connectivity index (χ1) is 19.1. The number of aliphatic hydroxyl groups excluding tert-OH is 1. The molecule has 4 atom stereocenters. The normalized spacial score (nSPS) is 28.8. The molecular formula is C33H39F2NO4. The molecule has 2 aromatic rings. The zero-order valence-electron chi connectivity index (χ0n) is 23.6. The quantitative estimate of drug-likeness (QED) is 0.325. The van der Waals surface area contributed by atoms with E-state index in [-0.39, 0.29) is 23.4 Å². The van der Waals surface area contributed by atoms with Crippen LogP contribution in [0.1, 0.15) is 98.7 Å². The Morgan fingerprint density at radius 3 is 2.67 bits per heavy atom. The number of ether oxygens (including phenoxy) is 1. The van der Waals surface area contributed by atoms with E-state index in [1.807, 2.05) is 25.1 Å². The van der Waals surface area contributed by atoms with Crippen molar-refractivity contribution in [2.45, 2.75) is 89.8 Å². The number of carbonyl (C=O) groups is 2. The third-order valence-electron chi connectivity index (χ3n) is 9.55. The lowest BCUT2D eigenvalue weighted by Gasteiger charge is -2.43.